The molecule has 4 nitrogen and oxygen atoms in total. The predicted molar refractivity (Wildman–Crippen MR) is 116 cm³/mol. The predicted octanol–water partition coefficient (Wildman–Crippen LogP) is 3.41. The van der Waals surface area contributed by atoms with Gasteiger partial charge < -0.3 is 5.32 Å². The van der Waals surface area contributed by atoms with Crippen LogP contribution in [0.1, 0.15) is 25.0 Å². The standard InChI is InChI=1S/C24H31N3O/c1-20(17-22-9-5-3-6-10-22)24(28)25-21(2)18-26-13-15-27(16-14-26)19-23-11-7-4-8-12-23/h3-12,17,21H,13-16,18-19H2,1-2H3,(H,25,28)/b20-17+/t21-/m0/s1. The fourth-order valence-corrected chi connectivity index (χ4v) is 3.61. The number of rotatable bonds is 7. The second-order valence-corrected chi connectivity index (χ2v) is 7.67. The highest BCUT2D eigenvalue weighted by molar-refractivity contribution is 5.97. The van der Waals surface area contributed by atoms with Gasteiger partial charge >= 0.3 is 0 Å². The van der Waals surface area contributed by atoms with Crippen LogP contribution in [0.2, 0.25) is 0 Å². The van der Waals surface area contributed by atoms with Crippen LogP contribution in [-0.4, -0.2) is 54.5 Å². The first kappa shape index (κ1) is 20.3. The summed E-state index contributed by atoms with van der Waals surface area (Å²) in [5.74, 6) is 0.0130. The van der Waals surface area contributed by atoms with Crippen molar-refractivity contribution in [3.63, 3.8) is 0 Å². The molecule has 0 saturated carbocycles. The highest BCUT2D eigenvalue weighted by atomic mass is 16.1. The lowest BCUT2D eigenvalue weighted by atomic mass is 10.1. The highest BCUT2D eigenvalue weighted by Crippen LogP contribution is 2.10. The maximum atomic E-state index is 12.4. The van der Waals surface area contributed by atoms with E-state index in [1.807, 2.05) is 43.3 Å². The van der Waals surface area contributed by atoms with E-state index in [4.69, 9.17) is 0 Å². The Morgan fingerprint density at radius 3 is 2.18 bits per heavy atom. The minimum Gasteiger partial charge on any atom is -0.349 e. The average Bonchev–Trinajstić information content (AvgIpc) is 2.71. The largest absolute Gasteiger partial charge is 0.349 e. The summed E-state index contributed by atoms with van der Waals surface area (Å²) in [4.78, 5) is 17.4. The van der Waals surface area contributed by atoms with Gasteiger partial charge in [-0.25, -0.2) is 0 Å². The molecule has 1 saturated heterocycles. The number of hydrogen-bond acceptors (Lipinski definition) is 3. The van der Waals surface area contributed by atoms with Crippen LogP contribution in [0, 0.1) is 0 Å². The monoisotopic (exact) mass is 377 g/mol. The molecule has 0 aromatic heterocycles. The van der Waals surface area contributed by atoms with Crippen LogP contribution in [0.5, 0.6) is 0 Å². The van der Waals surface area contributed by atoms with E-state index in [9.17, 15) is 4.79 Å². The summed E-state index contributed by atoms with van der Waals surface area (Å²) < 4.78 is 0. The van der Waals surface area contributed by atoms with E-state index in [0.29, 0.717) is 0 Å². The van der Waals surface area contributed by atoms with Crippen molar-refractivity contribution >= 4 is 12.0 Å². The van der Waals surface area contributed by atoms with Crippen LogP contribution in [0.4, 0.5) is 0 Å². The van der Waals surface area contributed by atoms with Gasteiger partial charge in [0.25, 0.3) is 0 Å². The Balaban J connectivity index is 1.41. The van der Waals surface area contributed by atoms with Crippen LogP contribution in [0.25, 0.3) is 6.08 Å². The van der Waals surface area contributed by atoms with Gasteiger partial charge in [0.05, 0.1) is 0 Å². The Morgan fingerprint density at radius 2 is 1.54 bits per heavy atom. The zero-order chi connectivity index (χ0) is 19.8. The summed E-state index contributed by atoms with van der Waals surface area (Å²) in [5.41, 5.74) is 3.17. The number of hydrogen-bond donors (Lipinski definition) is 1. The van der Waals surface area contributed by atoms with Gasteiger partial charge in [0.1, 0.15) is 0 Å². The molecule has 1 N–H and O–H groups in total. The van der Waals surface area contributed by atoms with Gasteiger partial charge in [0.2, 0.25) is 5.91 Å². The zero-order valence-electron chi connectivity index (χ0n) is 17.0. The zero-order valence-corrected chi connectivity index (χ0v) is 17.0. The van der Waals surface area contributed by atoms with Gasteiger partial charge in [-0.05, 0) is 31.1 Å². The molecule has 1 atom stereocenters. The van der Waals surface area contributed by atoms with E-state index in [1.54, 1.807) is 0 Å². The van der Waals surface area contributed by atoms with Gasteiger partial charge in [0, 0.05) is 50.9 Å². The van der Waals surface area contributed by atoms with E-state index in [0.717, 1.165) is 50.4 Å². The molecule has 28 heavy (non-hydrogen) atoms. The third-order valence-corrected chi connectivity index (χ3v) is 5.16. The van der Waals surface area contributed by atoms with Gasteiger partial charge in [-0.3, -0.25) is 14.6 Å². The number of carbonyl (C=O) groups excluding carboxylic acids is 1. The lowest BCUT2D eigenvalue weighted by Crippen LogP contribution is -2.50. The van der Waals surface area contributed by atoms with Crippen LogP contribution >= 0.6 is 0 Å². The quantitative estimate of drug-likeness (QED) is 0.751. The molecule has 4 heteroatoms. The van der Waals surface area contributed by atoms with Gasteiger partial charge in [-0.1, -0.05) is 60.7 Å². The molecule has 1 fully saturated rings. The Bertz CT molecular complexity index is 765. The number of amides is 1. The summed E-state index contributed by atoms with van der Waals surface area (Å²) >= 11 is 0. The van der Waals surface area contributed by atoms with Crippen molar-refractivity contribution < 1.29 is 4.79 Å². The number of carbonyl (C=O) groups is 1. The molecule has 1 aliphatic rings. The number of nitrogens with one attached hydrogen (secondary N) is 1. The fourth-order valence-electron chi connectivity index (χ4n) is 3.61. The minimum atomic E-state index is 0.0130. The Labute approximate surface area is 168 Å². The van der Waals surface area contributed by atoms with Crippen molar-refractivity contribution in [3.8, 4) is 0 Å². The first-order valence-electron chi connectivity index (χ1n) is 10.1. The molecule has 0 unspecified atom stereocenters. The fraction of sp³-hybridized carbons (Fsp3) is 0.375. The van der Waals surface area contributed by atoms with Crippen molar-refractivity contribution in [1.82, 2.24) is 15.1 Å². The normalized spacial score (nSPS) is 17.3. The first-order valence-corrected chi connectivity index (χ1v) is 10.1. The molecule has 0 aliphatic carbocycles. The van der Waals surface area contributed by atoms with E-state index in [1.165, 1.54) is 5.56 Å². The minimum absolute atomic E-state index is 0.0130. The number of nitrogens with zero attached hydrogens (tertiary/aromatic N) is 2. The molecule has 148 valence electrons. The molecule has 0 radical (unpaired) electrons. The molecule has 1 aliphatic heterocycles. The molecule has 2 aromatic carbocycles. The van der Waals surface area contributed by atoms with E-state index >= 15 is 0 Å². The average molecular weight is 378 g/mol. The second-order valence-electron chi connectivity index (χ2n) is 7.67. The highest BCUT2D eigenvalue weighted by Gasteiger charge is 2.19. The SMILES string of the molecule is C/C(=C\c1ccccc1)C(=O)N[C@@H](C)CN1CCN(Cc2ccccc2)CC1. The smallest absolute Gasteiger partial charge is 0.247 e. The van der Waals surface area contributed by atoms with Crippen LogP contribution < -0.4 is 5.32 Å². The van der Waals surface area contributed by atoms with E-state index < -0.39 is 0 Å². The number of piperazine rings is 1. The molecule has 2 aromatic rings. The molecule has 1 amide bonds. The van der Waals surface area contributed by atoms with Crippen molar-refractivity contribution in [2.75, 3.05) is 32.7 Å². The lowest BCUT2D eigenvalue weighted by molar-refractivity contribution is -0.118. The first-order chi connectivity index (χ1) is 13.6. The van der Waals surface area contributed by atoms with E-state index in [-0.39, 0.29) is 11.9 Å². The van der Waals surface area contributed by atoms with Gasteiger partial charge in [-0.2, -0.15) is 0 Å². The van der Waals surface area contributed by atoms with Crippen LogP contribution in [0.15, 0.2) is 66.2 Å². The Kier molecular flexibility index (Phi) is 7.40. The summed E-state index contributed by atoms with van der Waals surface area (Å²) in [5, 5.41) is 3.14. The van der Waals surface area contributed by atoms with Gasteiger partial charge in [0.15, 0.2) is 0 Å². The number of benzene rings is 2. The molecule has 3 rings (SSSR count). The Hall–Kier alpha value is -2.43. The summed E-state index contributed by atoms with van der Waals surface area (Å²) in [6, 6.07) is 20.7. The van der Waals surface area contributed by atoms with Crippen LogP contribution in [0.3, 0.4) is 0 Å². The van der Waals surface area contributed by atoms with Crippen molar-refractivity contribution in [2.45, 2.75) is 26.4 Å². The van der Waals surface area contributed by atoms with Crippen molar-refractivity contribution in [3.05, 3.63) is 77.4 Å². The topological polar surface area (TPSA) is 35.6 Å². The van der Waals surface area contributed by atoms with Crippen molar-refractivity contribution in [2.24, 2.45) is 0 Å². The maximum Gasteiger partial charge on any atom is 0.247 e. The Morgan fingerprint density at radius 1 is 0.964 bits per heavy atom. The van der Waals surface area contributed by atoms with Gasteiger partial charge in [-0.15, -0.1) is 0 Å². The molecular formula is C24H31N3O. The van der Waals surface area contributed by atoms with Crippen LogP contribution in [-0.2, 0) is 11.3 Å². The van der Waals surface area contributed by atoms with E-state index in [2.05, 4.69) is 52.4 Å². The summed E-state index contributed by atoms with van der Waals surface area (Å²) in [7, 11) is 0. The molecule has 0 bridgehead atoms. The maximum absolute atomic E-state index is 12.4. The second kappa shape index (κ2) is 10.2. The molecular weight excluding hydrogens is 346 g/mol. The third-order valence-electron chi connectivity index (χ3n) is 5.16. The lowest BCUT2D eigenvalue weighted by Gasteiger charge is -2.36. The van der Waals surface area contributed by atoms with Crippen molar-refractivity contribution in [1.29, 1.82) is 0 Å². The molecule has 0 spiro atoms. The molecule has 1 heterocycles. The third kappa shape index (κ3) is 6.32. The summed E-state index contributed by atoms with van der Waals surface area (Å²) in [6.45, 7) is 10.1. The summed E-state index contributed by atoms with van der Waals surface area (Å²) in [6.07, 6.45) is 1.93.